The van der Waals surface area contributed by atoms with Crippen LogP contribution in [0.15, 0.2) is 30.3 Å². The molecule has 1 aliphatic heterocycles. The van der Waals surface area contributed by atoms with E-state index in [0.717, 1.165) is 31.1 Å². The largest absolute Gasteiger partial charge is 0.492 e. The molecule has 2 aromatic rings. The summed E-state index contributed by atoms with van der Waals surface area (Å²) in [5, 5.41) is 2.39. The number of benzene rings is 1. The first kappa shape index (κ1) is 19.8. The molecule has 0 aliphatic carbocycles. The summed E-state index contributed by atoms with van der Waals surface area (Å²) in [6, 6.07) is 8.32. The monoisotopic (exact) mass is 385 g/mol. The fourth-order valence-corrected chi connectivity index (χ4v) is 3.40. The molecule has 28 heavy (non-hydrogen) atoms. The van der Waals surface area contributed by atoms with Gasteiger partial charge >= 0.3 is 6.03 Å². The number of piperidine rings is 1. The number of carbonyl (C=O) groups excluding carboxylic acids is 2. The Morgan fingerprint density at radius 2 is 1.96 bits per heavy atom. The second-order valence-electron chi connectivity index (χ2n) is 7.19. The summed E-state index contributed by atoms with van der Waals surface area (Å²) in [7, 11) is 0. The third-order valence-corrected chi connectivity index (χ3v) is 5.05. The van der Waals surface area contributed by atoms with E-state index in [-0.39, 0.29) is 11.4 Å². The molecule has 1 aromatic carbocycles. The molecule has 3 amide bonds. The van der Waals surface area contributed by atoms with E-state index in [1.54, 1.807) is 6.07 Å². The number of nitrogens with one attached hydrogen (secondary N) is 2. The van der Waals surface area contributed by atoms with Crippen LogP contribution < -0.4 is 21.5 Å². The van der Waals surface area contributed by atoms with Gasteiger partial charge in [-0.3, -0.25) is 15.0 Å². The normalized spacial score (nSPS) is 15.3. The summed E-state index contributed by atoms with van der Waals surface area (Å²) in [5.41, 5.74) is 12.1. The highest BCUT2D eigenvalue weighted by Gasteiger charge is 2.18. The van der Waals surface area contributed by atoms with Crippen molar-refractivity contribution in [2.75, 3.05) is 31.6 Å². The number of hydrogen-bond donors (Lipinski definition) is 4. The number of H-pyrrole nitrogens is 1. The van der Waals surface area contributed by atoms with Gasteiger partial charge in [0.2, 0.25) is 0 Å². The van der Waals surface area contributed by atoms with Crippen molar-refractivity contribution in [1.29, 1.82) is 0 Å². The number of nitrogens with two attached hydrogens (primary N) is 2. The van der Waals surface area contributed by atoms with Gasteiger partial charge in [0.1, 0.15) is 18.2 Å². The SMILES string of the molecule is CC1CCN(CCOc2ccccc2-c2cc(C(N)=O)c(NC(N)=O)[nH]2)CC1. The van der Waals surface area contributed by atoms with Crippen LogP contribution in [0, 0.1) is 5.92 Å². The molecule has 2 heterocycles. The zero-order valence-electron chi connectivity index (χ0n) is 16.0. The summed E-state index contributed by atoms with van der Waals surface area (Å²) in [4.78, 5) is 28.3. The quantitative estimate of drug-likeness (QED) is 0.583. The van der Waals surface area contributed by atoms with Gasteiger partial charge in [0.15, 0.2) is 0 Å². The van der Waals surface area contributed by atoms with Gasteiger partial charge in [0, 0.05) is 12.1 Å². The van der Waals surface area contributed by atoms with Crippen molar-refractivity contribution >= 4 is 17.8 Å². The maximum absolute atomic E-state index is 11.7. The lowest BCUT2D eigenvalue weighted by Gasteiger charge is -2.30. The first-order valence-corrected chi connectivity index (χ1v) is 9.48. The zero-order valence-corrected chi connectivity index (χ0v) is 16.0. The Bertz CT molecular complexity index is 840. The van der Waals surface area contributed by atoms with Crippen molar-refractivity contribution in [1.82, 2.24) is 9.88 Å². The molecule has 150 valence electrons. The van der Waals surface area contributed by atoms with Crippen molar-refractivity contribution in [3.63, 3.8) is 0 Å². The molecule has 6 N–H and O–H groups in total. The van der Waals surface area contributed by atoms with Crippen LogP contribution in [0.2, 0.25) is 0 Å². The Labute approximate surface area is 164 Å². The summed E-state index contributed by atoms with van der Waals surface area (Å²) < 4.78 is 6.02. The molecule has 0 atom stereocenters. The van der Waals surface area contributed by atoms with Crippen LogP contribution in [0.4, 0.5) is 10.6 Å². The first-order valence-electron chi connectivity index (χ1n) is 9.48. The topological polar surface area (TPSA) is 126 Å². The lowest BCUT2D eigenvalue weighted by molar-refractivity contribution is 0.100. The molecular formula is C20H27N5O3. The summed E-state index contributed by atoms with van der Waals surface area (Å²) in [6.45, 7) is 5.94. The number of hydrogen-bond acceptors (Lipinski definition) is 4. The van der Waals surface area contributed by atoms with E-state index in [4.69, 9.17) is 16.2 Å². The second-order valence-corrected chi connectivity index (χ2v) is 7.19. The van der Waals surface area contributed by atoms with Gasteiger partial charge in [0.25, 0.3) is 5.91 Å². The van der Waals surface area contributed by atoms with Gasteiger partial charge in [-0.1, -0.05) is 19.1 Å². The highest BCUT2D eigenvalue weighted by Crippen LogP contribution is 2.32. The lowest BCUT2D eigenvalue weighted by atomic mass is 9.99. The van der Waals surface area contributed by atoms with Crippen molar-refractivity contribution in [3.8, 4) is 17.0 Å². The molecule has 1 saturated heterocycles. The molecule has 1 aromatic heterocycles. The van der Waals surface area contributed by atoms with Gasteiger partial charge in [-0.25, -0.2) is 4.79 Å². The molecule has 8 nitrogen and oxygen atoms in total. The van der Waals surface area contributed by atoms with Gasteiger partial charge < -0.3 is 21.2 Å². The highest BCUT2D eigenvalue weighted by atomic mass is 16.5. The van der Waals surface area contributed by atoms with Crippen LogP contribution in [0.1, 0.15) is 30.1 Å². The number of para-hydroxylation sites is 1. The smallest absolute Gasteiger partial charge is 0.317 e. The Balaban J connectivity index is 1.73. The number of carbonyl (C=O) groups is 2. The summed E-state index contributed by atoms with van der Waals surface area (Å²) in [6.07, 6.45) is 2.45. The van der Waals surface area contributed by atoms with Crippen LogP contribution in [-0.2, 0) is 0 Å². The highest BCUT2D eigenvalue weighted by molar-refractivity contribution is 6.03. The molecular weight excluding hydrogens is 358 g/mol. The molecule has 8 heteroatoms. The number of aromatic nitrogens is 1. The number of urea groups is 1. The number of anilines is 1. The summed E-state index contributed by atoms with van der Waals surface area (Å²) >= 11 is 0. The van der Waals surface area contributed by atoms with Crippen LogP contribution in [0.3, 0.4) is 0 Å². The standard InChI is InChI=1S/C20H27N5O3/c1-13-6-8-25(9-7-13)10-11-28-17-5-3-2-4-14(17)16-12-15(18(21)26)19(23-16)24-20(22)27/h2-5,12-13,23H,6-11H2,1H3,(H2,21,26)(H3,22,24,27). The minimum atomic E-state index is -0.781. The number of ether oxygens (including phenoxy) is 1. The van der Waals surface area contributed by atoms with Gasteiger partial charge in [0.05, 0.1) is 11.3 Å². The molecule has 3 rings (SSSR count). The van der Waals surface area contributed by atoms with E-state index < -0.39 is 11.9 Å². The molecule has 1 aliphatic rings. The van der Waals surface area contributed by atoms with E-state index in [1.807, 2.05) is 24.3 Å². The minimum absolute atomic E-state index is 0.158. The molecule has 0 bridgehead atoms. The Morgan fingerprint density at radius 1 is 1.25 bits per heavy atom. The third-order valence-electron chi connectivity index (χ3n) is 5.05. The van der Waals surface area contributed by atoms with E-state index in [0.29, 0.717) is 18.1 Å². The third kappa shape index (κ3) is 4.83. The fraction of sp³-hybridized carbons (Fsp3) is 0.400. The lowest BCUT2D eigenvalue weighted by Crippen LogP contribution is -2.35. The number of rotatable bonds is 7. The Hall–Kier alpha value is -3.00. The maximum Gasteiger partial charge on any atom is 0.317 e. The number of nitrogens with zero attached hydrogens (tertiary/aromatic N) is 1. The Kier molecular flexibility index (Phi) is 6.20. The van der Waals surface area contributed by atoms with E-state index >= 15 is 0 Å². The predicted octanol–water partition coefficient (Wildman–Crippen LogP) is 2.38. The number of amides is 3. The van der Waals surface area contributed by atoms with Crippen LogP contribution >= 0.6 is 0 Å². The van der Waals surface area contributed by atoms with Gasteiger partial charge in [-0.15, -0.1) is 0 Å². The number of primary amides is 2. The maximum atomic E-state index is 11.7. The molecule has 1 fully saturated rings. The predicted molar refractivity (Wildman–Crippen MR) is 108 cm³/mol. The van der Waals surface area contributed by atoms with Crippen molar-refractivity contribution in [2.45, 2.75) is 19.8 Å². The van der Waals surface area contributed by atoms with Crippen LogP contribution in [-0.4, -0.2) is 48.1 Å². The first-order chi connectivity index (χ1) is 13.4. The van der Waals surface area contributed by atoms with Crippen LogP contribution in [0.25, 0.3) is 11.3 Å². The van der Waals surface area contributed by atoms with E-state index in [2.05, 4.69) is 22.1 Å². The molecule has 0 radical (unpaired) electrons. The summed E-state index contributed by atoms with van der Waals surface area (Å²) in [5.74, 6) is 1.00. The fourth-order valence-electron chi connectivity index (χ4n) is 3.40. The number of aromatic amines is 1. The number of likely N-dealkylation sites (tertiary alicyclic amines) is 1. The van der Waals surface area contributed by atoms with Crippen molar-refractivity contribution in [2.24, 2.45) is 17.4 Å². The average Bonchev–Trinajstić information content (AvgIpc) is 3.07. The molecule has 0 saturated carbocycles. The van der Waals surface area contributed by atoms with Crippen molar-refractivity contribution in [3.05, 3.63) is 35.9 Å². The minimum Gasteiger partial charge on any atom is -0.492 e. The van der Waals surface area contributed by atoms with Crippen LogP contribution in [0.5, 0.6) is 5.75 Å². The average molecular weight is 385 g/mol. The van der Waals surface area contributed by atoms with E-state index in [9.17, 15) is 9.59 Å². The van der Waals surface area contributed by atoms with Gasteiger partial charge in [-0.05, 0) is 50.0 Å². The Morgan fingerprint density at radius 3 is 2.64 bits per heavy atom. The second kappa shape index (κ2) is 8.79. The van der Waals surface area contributed by atoms with E-state index in [1.165, 1.54) is 12.8 Å². The van der Waals surface area contributed by atoms with Crippen molar-refractivity contribution < 1.29 is 14.3 Å². The zero-order chi connectivity index (χ0) is 20.1. The van der Waals surface area contributed by atoms with Gasteiger partial charge in [-0.2, -0.15) is 0 Å². The molecule has 0 spiro atoms. The molecule has 0 unspecified atom stereocenters.